The molecule has 41 heavy (non-hydrogen) atoms. The highest BCUT2D eigenvalue weighted by Crippen LogP contribution is 2.29. The second-order valence-corrected chi connectivity index (χ2v) is 10.5. The molecule has 1 unspecified atom stereocenters. The number of nitrogens with one attached hydrogen (secondary N) is 2. The molecule has 1 heterocycles. The van der Waals surface area contributed by atoms with E-state index in [1.165, 1.54) is 6.42 Å². The van der Waals surface area contributed by atoms with Crippen molar-refractivity contribution in [1.82, 2.24) is 10.2 Å². The van der Waals surface area contributed by atoms with Crippen molar-refractivity contribution >= 4 is 40.8 Å². The van der Waals surface area contributed by atoms with Crippen LogP contribution in [0.3, 0.4) is 0 Å². The lowest BCUT2D eigenvalue weighted by atomic mass is 10.0. The first-order valence-corrected chi connectivity index (χ1v) is 14.4. The van der Waals surface area contributed by atoms with Crippen LogP contribution in [0.5, 0.6) is 0 Å². The van der Waals surface area contributed by atoms with Gasteiger partial charge in [-0.2, -0.15) is 0 Å². The fourth-order valence-electron chi connectivity index (χ4n) is 4.50. The van der Waals surface area contributed by atoms with Gasteiger partial charge in [-0.25, -0.2) is 4.79 Å². The summed E-state index contributed by atoms with van der Waals surface area (Å²) in [7, 11) is 0. The van der Waals surface area contributed by atoms with Crippen LogP contribution in [0.15, 0.2) is 72.8 Å². The van der Waals surface area contributed by atoms with Crippen LogP contribution < -0.4 is 21.3 Å². The fourth-order valence-corrected chi connectivity index (χ4v) is 4.69. The minimum absolute atomic E-state index is 0.145. The van der Waals surface area contributed by atoms with Gasteiger partial charge in [-0.05, 0) is 54.3 Å². The monoisotopic (exact) mass is 577 g/mol. The standard InChI is InChI=1S/C29H32ClN5O3.C3H8/c1-20(21-7-3-2-4-8-21)19-32-27(36)23-11-12-26(34-13-6-14-35(16-15-34)29(31)38)25(18-23)33-28(37)22-9-5-10-24(30)17-22;1-3-2/h2-5,7-12,17-18,20H,6,13-16,19H2,1H3,(H2,31,38)(H,32,36)(H,33,37);3H2,1-2H3. The molecule has 8 nitrogen and oxygen atoms in total. The molecule has 4 N–H and O–H groups in total. The van der Waals surface area contributed by atoms with Gasteiger partial charge in [-0.3, -0.25) is 9.59 Å². The maximum absolute atomic E-state index is 13.1. The molecule has 3 aromatic rings. The van der Waals surface area contributed by atoms with Crippen molar-refractivity contribution in [1.29, 1.82) is 0 Å². The van der Waals surface area contributed by atoms with E-state index in [2.05, 4.69) is 36.3 Å². The van der Waals surface area contributed by atoms with E-state index in [0.29, 0.717) is 54.6 Å². The number of hydrogen-bond donors (Lipinski definition) is 3. The highest BCUT2D eigenvalue weighted by Gasteiger charge is 2.22. The number of primary amides is 1. The molecule has 1 aliphatic heterocycles. The van der Waals surface area contributed by atoms with Gasteiger partial charge in [-0.15, -0.1) is 0 Å². The largest absolute Gasteiger partial charge is 0.368 e. The number of halogens is 1. The Bertz CT molecular complexity index is 1320. The number of urea groups is 1. The Hall–Kier alpha value is -4.04. The van der Waals surface area contributed by atoms with E-state index in [4.69, 9.17) is 17.3 Å². The lowest BCUT2D eigenvalue weighted by Crippen LogP contribution is -2.38. The molecule has 0 aromatic heterocycles. The van der Waals surface area contributed by atoms with Crippen molar-refractivity contribution in [2.45, 2.75) is 39.5 Å². The van der Waals surface area contributed by atoms with Crippen molar-refractivity contribution < 1.29 is 14.4 Å². The topological polar surface area (TPSA) is 108 Å². The maximum atomic E-state index is 13.1. The lowest BCUT2D eigenvalue weighted by molar-refractivity contribution is 0.0950. The van der Waals surface area contributed by atoms with Crippen LogP contribution in [0, 0.1) is 0 Å². The van der Waals surface area contributed by atoms with Crippen molar-refractivity contribution in [3.8, 4) is 0 Å². The molecular formula is C32H40ClN5O3. The number of hydrogen-bond acceptors (Lipinski definition) is 4. The Balaban J connectivity index is 0.00000147. The average Bonchev–Trinajstić information content (AvgIpc) is 3.23. The number of nitrogens with zero attached hydrogens (tertiary/aromatic N) is 2. The predicted octanol–water partition coefficient (Wildman–Crippen LogP) is 6.13. The number of carbonyl (C=O) groups excluding carboxylic acids is 3. The van der Waals surface area contributed by atoms with Crippen LogP contribution in [0.1, 0.15) is 65.8 Å². The molecule has 3 aromatic carbocycles. The molecule has 0 aliphatic carbocycles. The summed E-state index contributed by atoms with van der Waals surface area (Å²) < 4.78 is 0. The molecule has 1 aliphatic rings. The predicted molar refractivity (Wildman–Crippen MR) is 167 cm³/mol. The molecule has 4 rings (SSSR count). The van der Waals surface area contributed by atoms with E-state index < -0.39 is 6.03 Å². The Morgan fingerprint density at radius 1 is 0.878 bits per heavy atom. The van der Waals surface area contributed by atoms with E-state index in [1.807, 2.05) is 36.4 Å². The zero-order chi connectivity index (χ0) is 29.8. The third-order valence-corrected chi connectivity index (χ3v) is 6.91. The molecule has 0 spiro atoms. The number of carbonyl (C=O) groups is 3. The summed E-state index contributed by atoms with van der Waals surface area (Å²) in [5, 5.41) is 6.43. The maximum Gasteiger partial charge on any atom is 0.314 e. The zero-order valence-electron chi connectivity index (χ0n) is 24.0. The van der Waals surface area contributed by atoms with Gasteiger partial charge in [0, 0.05) is 48.9 Å². The summed E-state index contributed by atoms with van der Waals surface area (Å²) >= 11 is 6.09. The smallest absolute Gasteiger partial charge is 0.314 e. The Labute approximate surface area is 247 Å². The van der Waals surface area contributed by atoms with Gasteiger partial charge in [0.05, 0.1) is 11.4 Å². The molecule has 0 radical (unpaired) electrons. The second-order valence-electron chi connectivity index (χ2n) is 10.1. The van der Waals surface area contributed by atoms with Gasteiger partial charge in [0.25, 0.3) is 11.8 Å². The molecule has 9 heteroatoms. The highest BCUT2D eigenvalue weighted by atomic mass is 35.5. The van der Waals surface area contributed by atoms with Crippen LogP contribution in [0.2, 0.25) is 5.02 Å². The van der Waals surface area contributed by atoms with Gasteiger partial charge < -0.3 is 26.2 Å². The van der Waals surface area contributed by atoms with Crippen molar-refractivity contribution in [2.75, 3.05) is 42.9 Å². The lowest BCUT2D eigenvalue weighted by Gasteiger charge is -2.26. The SMILES string of the molecule is CC(CNC(=O)c1ccc(N2CCCN(C(N)=O)CC2)c(NC(=O)c2cccc(Cl)c2)c1)c1ccccc1.CCC. The zero-order valence-corrected chi connectivity index (χ0v) is 24.8. The van der Waals surface area contributed by atoms with Gasteiger partial charge in [0.2, 0.25) is 0 Å². The number of nitrogens with two attached hydrogens (primary N) is 1. The first-order valence-electron chi connectivity index (χ1n) is 14.1. The molecule has 0 bridgehead atoms. The first-order chi connectivity index (χ1) is 19.7. The summed E-state index contributed by atoms with van der Waals surface area (Å²) in [6.45, 7) is 9.04. The summed E-state index contributed by atoms with van der Waals surface area (Å²) in [6, 6.07) is 21.5. The van der Waals surface area contributed by atoms with Crippen LogP contribution in [-0.2, 0) is 0 Å². The average molecular weight is 578 g/mol. The van der Waals surface area contributed by atoms with Gasteiger partial charge in [0.1, 0.15) is 0 Å². The first kappa shape index (κ1) is 31.5. The molecule has 0 saturated carbocycles. The van der Waals surface area contributed by atoms with Crippen LogP contribution in [0.4, 0.5) is 16.2 Å². The summed E-state index contributed by atoms with van der Waals surface area (Å²) in [4.78, 5) is 41.6. The van der Waals surface area contributed by atoms with Crippen molar-refractivity contribution in [2.24, 2.45) is 5.73 Å². The molecule has 1 atom stereocenters. The Kier molecular flexibility index (Phi) is 12.0. The van der Waals surface area contributed by atoms with E-state index in [0.717, 1.165) is 17.7 Å². The van der Waals surface area contributed by atoms with Crippen LogP contribution in [0.25, 0.3) is 0 Å². The normalized spacial score (nSPS) is 13.8. The molecule has 1 saturated heterocycles. The number of anilines is 2. The Morgan fingerprint density at radius 2 is 1.59 bits per heavy atom. The third kappa shape index (κ3) is 9.25. The third-order valence-electron chi connectivity index (χ3n) is 6.68. The van der Waals surface area contributed by atoms with E-state index in [1.54, 1.807) is 41.3 Å². The summed E-state index contributed by atoms with van der Waals surface area (Å²) in [5.41, 5.74) is 8.74. The number of benzene rings is 3. The van der Waals surface area contributed by atoms with E-state index in [-0.39, 0.29) is 17.7 Å². The number of amides is 4. The van der Waals surface area contributed by atoms with Crippen molar-refractivity contribution in [3.05, 3.63) is 94.5 Å². The minimum atomic E-state index is -0.446. The van der Waals surface area contributed by atoms with Gasteiger partial charge >= 0.3 is 6.03 Å². The van der Waals surface area contributed by atoms with E-state index in [9.17, 15) is 14.4 Å². The molecule has 1 fully saturated rings. The molecule has 218 valence electrons. The second kappa shape index (κ2) is 15.7. The van der Waals surface area contributed by atoms with Crippen molar-refractivity contribution in [3.63, 3.8) is 0 Å². The molecule has 4 amide bonds. The van der Waals surface area contributed by atoms with Crippen LogP contribution in [-0.4, -0.2) is 55.5 Å². The fraction of sp³-hybridized carbons (Fsp3) is 0.344. The van der Waals surface area contributed by atoms with Gasteiger partial charge in [-0.1, -0.05) is 75.2 Å². The summed E-state index contributed by atoms with van der Waals surface area (Å²) in [5.74, 6) is -0.419. The van der Waals surface area contributed by atoms with Gasteiger partial charge in [0.15, 0.2) is 0 Å². The molecular weight excluding hydrogens is 538 g/mol. The summed E-state index contributed by atoms with van der Waals surface area (Å²) in [6.07, 6.45) is 1.98. The van der Waals surface area contributed by atoms with E-state index >= 15 is 0 Å². The van der Waals surface area contributed by atoms with Crippen LogP contribution >= 0.6 is 11.6 Å². The quantitative estimate of drug-likeness (QED) is 0.314. The highest BCUT2D eigenvalue weighted by molar-refractivity contribution is 6.31. The number of rotatable bonds is 7. The Morgan fingerprint density at radius 3 is 2.27 bits per heavy atom. The minimum Gasteiger partial charge on any atom is -0.368 e.